The number of anilines is 6. The molecule has 0 saturated heterocycles. The Kier molecular flexibility index (Phi) is 8.51. The van der Waals surface area contributed by atoms with Crippen LogP contribution in [-0.4, -0.2) is 0 Å². The van der Waals surface area contributed by atoms with E-state index in [0.29, 0.717) is 11.4 Å². The summed E-state index contributed by atoms with van der Waals surface area (Å²) in [5.41, 5.74) is 2.30. The summed E-state index contributed by atoms with van der Waals surface area (Å²) in [4.78, 5) is 7.43. The summed E-state index contributed by atoms with van der Waals surface area (Å²) in [6.07, 6.45) is -9.53. The van der Waals surface area contributed by atoms with Gasteiger partial charge in [0.15, 0.2) is 0 Å². The number of rotatable bonds is 4. The predicted molar refractivity (Wildman–Crippen MR) is 210 cm³/mol. The maximum Gasteiger partial charge on any atom is 0.417 e. The second kappa shape index (κ2) is 13.3. The maximum atomic E-state index is 15.1. The van der Waals surface area contributed by atoms with Crippen LogP contribution in [0.4, 0.5) is 60.5 Å². The zero-order chi connectivity index (χ0) is 38.1. The first kappa shape index (κ1) is 35.1. The van der Waals surface area contributed by atoms with E-state index < -0.39 is 23.5 Å². The summed E-state index contributed by atoms with van der Waals surface area (Å²) >= 11 is 3.11. The van der Waals surface area contributed by atoms with E-state index in [0.717, 1.165) is 54.5 Å². The summed E-state index contributed by atoms with van der Waals surface area (Å²) < 4.78 is 90.5. The van der Waals surface area contributed by atoms with E-state index in [-0.39, 0.29) is 27.8 Å². The van der Waals surface area contributed by atoms with Crippen molar-refractivity contribution in [1.29, 1.82) is 0 Å². The Labute approximate surface area is 322 Å². The standard InChI is InChI=1S/C45H28F6N2S2/c1-27-42(28-14-2-4-16-30(28)44(46,47)48)36(52-32-18-6-10-22-38(32)54-39-23-11-7-19-33(39)52)26-37(43(27)29-15-3-5-17-31(29)45(49,50)51)53-34-20-8-12-24-40(34)55-41-25-13-9-21-35(41)53/h2-26H,1H3. The maximum absolute atomic E-state index is 15.1. The number of nitrogens with zero attached hydrogens (tertiary/aromatic N) is 2. The van der Waals surface area contributed by atoms with Gasteiger partial charge < -0.3 is 9.80 Å². The fourth-order valence-corrected chi connectivity index (χ4v) is 9.76. The van der Waals surface area contributed by atoms with Crippen LogP contribution in [0.5, 0.6) is 0 Å². The van der Waals surface area contributed by atoms with Crippen LogP contribution >= 0.6 is 23.5 Å². The van der Waals surface area contributed by atoms with Crippen LogP contribution in [0.25, 0.3) is 22.3 Å². The van der Waals surface area contributed by atoms with E-state index in [9.17, 15) is 0 Å². The first-order valence-electron chi connectivity index (χ1n) is 17.3. The van der Waals surface area contributed by atoms with Crippen molar-refractivity contribution in [2.45, 2.75) is 38.9 Å². The average Bonchev–Trinajstić information content (AvgIpc) is 3.18. The molecule has 2 nitrogen and oxygen atoms in total. The van der Waals surface area contributed by atoms with Gasteiger partial charge in [0.05, 0.1) is 45.3 Å². The van der Waals surface area contributed by atoms with Gasteiger partial charge in [0.2, 0.25) is 0 Å². The van der Waals surface area contributed by atoms with Gasteiger partial charge in [-0.25, -0.2) is 0 Å². The molecular weight excluding hydrogens is 747 g/mol. The molecule has 55 heavy (non-hydrogen) atoms. The summed E-state index contributed by atoms with van der Waals surface area (Å²) in [5.74, 6) is 0. The highest BCUT2D eigenvalue weighted by Crippen LogP contribution is 2.60. The molecule has 10 heteroatoms. The molecular formula is C45H28F6N2S2. The lowest BCUT2D eigenvalue weighted by atomic mass is 9.85. The number of hydrogen-bond acceptors (Lipinski definition) is 4. The first-order chi connectivity index (χ1) is 26.5. The molecule has 7 aromatic rings. The lowest BCUT2D eigenvalue weighted by molar-refractivity contribution is -0.137. The van der Waals surface area contributed by atoms with Gasteiger partial charge in [0.25, 0.3) is 0 Å². The van der Waals surface area contributed by atoms with Gasteiger partial charge in [0.1, 0.15) is 0 Å². The van der Waals surface area contributed by atoms with Gasteiger partial charge in [-0.15, -0.1) is 0 Å². The minimum Gasteiger partial charge on any atom is -0.308 e. The Bertz CT molecular complexity index is 2370. The van der Waals surface area contributed by atoms with Gasteiger partial charge in [0, 0.05) is 30.7 Å². The quantitative estimate of drug-likeness (QED) is 0.164. The van der Waals surface area contributed by atoms with Crippen molar-refractivity contribution in [3.63, 3.8) is 0 Å². The first-order valence-corrected chi connectivity index (χ1v) is 19.0. The predicted octanol–water partition coefficient (Wildman–Crippen LogP) is 15.2. The molecule has 0 N–H and O–H groups in total. The van der Waals surface area contributed by atoms with Crippen molar-refractivity contribution < 1.29 is 26.3 Å². The zero-order valence-electron chi connectivity index (χ0n) is 28.9. The molecule has 0 fully saturated rings. The molecule has 0 aliphatic carbocycles. The molecule has 0 aromatic heterocycles. The summed E-state index contributed by atoms with van der Waals surface area (Å²) in [5, 5.41) is 0. The summed E-state index contributed by atoms with van der Waals surface area (Å²) in [6.45, 7) is 1.64. The SMILES string of the molecule is Cc1c(-c2ccccc2C(F)(F)F)c(N2c3ccccc3Sc3ccccc32)cc(N2c3ccccc3Sc3ccccc32)c1-c1ccccc1C(F)(F)F. The van der Waals surface area contributed by atoms with E-state index in [2.05, 4.69) is 0 Å². The number of fused-ring (bicyclic) bond motifs is 4. The molecule has 0 atom stereocenters. The Morgan fingerprint density at radius 1 is 0.382 bits per heavy atom. The highest BCUT2D eigenvalue weighted by atomic mass is 32.2. The van der Waals surface area contributed by atoms with Crippen LogP contribution in [-0.2, 0) is 12.4 Å². The Hall–Kier alpha value is -5.58. The van der Waals surface area contributed by atoms with Gasteiger partial charge in [-0.05, 0) is 90.3 Å². The molecule has 7 aromatic carbocycles. The van der Waals surface area contributed by atoms with E-state index in [1.165, 1.54) is 36.4 Å². The third-order valence-electron chi connectivity index (χ3n) is 9.89. The van der Waals surface area contributed by atoms with E-state index in [4.69, 9.17) is 0 Å². The molecule has 2 aliphatic heterocycles. The molecule has 2 aliphatic rings. The second-order valence-electron chi connectivity index (χ2n) is 13.1. The van der Waals surface area contributed by atoms with Crippen molar-refractivity contribution in [3.05, 3.63) is 168 Å². The highest BCUT2D eigenvalue weighted by Gasteiger charge is 2.40. The van der Waals surface area contributed by atoms with Crippen molar-refractivity contribution in [3.8, 4) is 22.3 Å². The van der Waals surface area contributed by atoms with Crippen LogP contribution in [0, 0.1) is 6.92 Å². The minimum atomic E-state index is -4.77. The number of benzene rings is 7. The second-order valence-corrected chi connectivity index (χ2v) is 15.3. The molecule has 0 unspecified atom stereocenters. The largest absolute Gasteiger partial charge is 0.417 e. The fourth-order valence-electron chi connectivity index (χ4n) is 7.64. The van der Waals surface area contributed by atoms with Gasteiger partial charge in [-0.1, -0.05) is 108 Å². The zero-order valence-corrected chi connectivity index (χ0v) is 30.5. The van der Waals surface area contributed by atoms with E-state index >= 15 is 26.3 Å². The van der Waals surface area contributed by atoms with Crippen LogP contribution in [0.2, 0.25) is 0 Å². The van der Waals surface area contributed by atoms with Gasteiger partial charge in [-0.2, -0.15) is 26.3 Å². The Morgan fingerprint density at radius 2 is 0.673 bits per heavy atom. The highest BCUT2D eigenvalue weighted by molar-refractivity contribution is 8.00. The van der Waals surface area contributed by atoms with Crippen molar-refractivity contribution >= 4 is 57.6 Å². The third kappa shape index (κ3) is 5.95. The monoisotopic (exact) mass is 774 g/mol. The molecule has 0 saturated carbocycles. The van der Waals surface area contributed by atoms with E-state index in [1.54, 1.807) is 36.5 Å². The number of alkyl halides is 6. The van der Waals surface area contributed by atoms with Crippen LogP contribution < -0.4 is 9.80 Å². The van der Waals surface area contributed by atoms with Crippen LogP contribution in [0.15, 0.2) is 171 Å². The Balaban J connectivity index is 1.49. The lowest BCUT2D eigenvalue weighted by Gasteiger charge is -2.39. The molecule has 0 radical (unpaired) electrons. The minimum absolute atomic E-state index is 0.136. The number of halogens is 6. The number of para-hydroxylation sites is 4. The molecule has 272 valence electrons. The van der Waals surface area contributed by atoms with Crippen molar-refractivity contribution in [2.75, 3.05) is 9.80 Å². The molecule has 0 amide bonds. The van der Waals surface area contributed by atoms with Crippen LogP contribution in [0.3, 0.4) is 0 Å². The smallest absolute Gasteiger partial charge is 0.308 e. The summed E-state index contributed by atoms with van der Waals surface area (Å²) in [6, 6.07) is 43.0. The fraction of sp³-hybridized carbons (Fsp3) is 0.0667. The molecule has 9 rings (SSSR count). The molecule has 0 spiro atoms. The van der Waals surface area contributed by atoms with Crippen LogP contribution in [0.1, 0.15) is 16.7 Å². The topological polar surface area (TPSA) is 6.48 Å². The van der Waals surface area contributed by atoms with Gasteiger partial charge in [-0.3, -0.25) is 0 Å². The van der Waals surface area contributed by atoms with E-state index in [1.807, 2.05) is 107 Å². The third-order valence-corrected chi connectivity index (χ3v) is 12.1. The van der Waals surface area contributed by atoms with Crippen molar-refractivity contribution in [1.82, 2.24) is 0 Å². The normalized spacial score (nSPS) is 13.5. The summed E-state index contributed by atoms with van der Waals surface area (Å²) in [7, 11) is 0. The lowest BCUT2D eigenvalue weighted by Crippen LogP contribution is -2.21. The van der Waals surface area contributed by atoms with Gasteiger partial charge >= 0.3 is 12.4 Å². The average molecular weight is 775 g/mol. The molecule has 0 bridgehead atoms. The Morgan fingerprint density at radius 3 is 1.00 bits per heavy atom. The number of hydrogen-bond donors (Lipinski definition) is 0. The molecule has 2 heterocycles. The van der Waals surface area contributed by atoms with Crippen molar-refractivity contribution in [2.24, 2.45) is 0 Å².